The molecule has 7 nitrogen and oxygen atoms in total. The van der Waals surface area contributed by atoms with Gasteiger partial charge in [-0.1, -0.05) is 72.8 Å². The number of carboxylic acid groups (broad SMARTS) is 1. The number of para-hydroxylation sites is 2. The highest BCUT2D eigenvalue weighted by Gasteiger charge is 2.24. The highest BCUT2D eigenvalue weighted by molar-refractivity contribution is 7.98. The molecule has 1 aromatic heterocycles. The highest BCUT2D eigenvalue weighted by atomic mass is 32.2. The number of amides is 1. The smallest absolute Gasteiger partial charge is 0.408 e. The van der Waals surface area contributed by atoms with Crippen LogP contribution in [0.4, 0.5) is 4.79 Å². The van der Waals surface area contributed by atoms with Gasteiger partial charge in [-0.05, 0) is 55.7 Å². The topological polar surface area (TPSA) is 98.0 Å². The van der Waals surface area contributed by atoms with E-state index in [1.54, 1.807) is 20.8 Å². The maximum atomic E-state index is 11.9. The number of carbonyl (C=O) groups is 2. The second-order valence-electron chi connectivity index (χ2n) is 11.0. The number of benzene rings is 4. The Morgan fingerprint density at radius 3 is 2.29 bits per heavy atom. The summed E-state index contributed by atoms with van der Waals surface area (Å²) in [6, 6.07) is 29.3. The zero-order valence-corrected chi connectivity index (χ0v) is 24.6. The molecule has 0 spiro atoms. The third-order valence-electron chi connectivity index (χ3n) is 6.54. The first-order valence-corrected chi connectivity index (χ1v) is 14.8. The van der Waals surface area contributed by atoms with Crippen LogP contribution in [-0.2, 0) is 21.9 Å². The molecule has 0 aliphatic heterocycles. The Kier molecular flexibility index (Phi) is 8.73. The molecule has 42 heavy (non-hydrogen) atoms. The standard InChI is InChI=1S/C34H33NO6S/c1-34(2,3)41-33(38)35-29(32(36)37)21-42-20-23-13-17-25(18-14-23)39-19-22-11-15-24(16-12-22)26-8-6-9-28-27-7-4-5-10-30(27)40-31(26)28/h4-18,29H,19-21H2,1-3H3,(H,35,38)(H,36,37). The minimum atomic E-state index is -1.10. The molecule has 4 aromatic carbocycles. The summed E-state index contributed by atoms with van der Waals surface area (Å²) in [6.07, 6.45) is -0.741. The van der Waals surface area contributed by atoms with Crippen LogP contribution in [0, 0.1) is 0 Å². The van der Waals surface area contributed by atoms with Crippen LogP contribution in [0.15, 0.2) is 95.4 Å². The van der Waals surface area contributed by atoms with E-state index in [9.17, 15) is 14.7 Å². The average Bonchev–Trinajstić information content (AvgIpc) is 3.34. The van der Waals surface area contributed by atoms with E-state index >= 15 is 0 Å². The summed E-state index contributed by atoms with van der Waals surface area (Å²) in [4.78, 5) is 23.5. The van der Waals surface area contributed by atoms with E-state index in [1.807, 2.05) is 42.5 Å². The van der Waals surface area contributed by atoms with Gasteiger partial charge in [0, 0.05) is 27.8 Å². The Morgan fingerprint density at radius 1 is 0.881 bits per heavy atom. The van der Waals surface area contributed by atoms with Gasteiger partial charge in [-0.25, -0.2) is 9.59 Å². The van der Waals surface area contributed by atoms with Gasteiger partial charge in [-0.15, -0.1) is 0 Å². The first-order chi connectivity index (χ1) is 20.2. The number of hydrogen-bond donors (Lipinski definition) is 2. The summed E-state index contributed by atoms with van der Waals surface area (Å²) in [6.45, 7) is 5.61. The van der Waals surface area contributed by atoms with E-state index in [0.717, 1.165) is 49.9 Å². The molecule has 0 bridgehead atoms. The van der Waals surface area contributed by atoms with Gasteiger partial charge in [-0.2, -0.15) is 11.8 Å². The van der Waals surface area contributed by atoms with Crippen LogP contribution in [0.2, 0.25) is 0 Å². The van der Waals surface area contributed by atoms with Gasteiger partial charge >= 0.3 is 12.1 Å². The van der Waals surface area contributed by atoms with Crippen molar-refractivity contribution in [3.63, 3.8) is 0 Å². The van der Waals surface area contributed by atoms with E-state index in [2.05, 4.69) is 53.8 Å². The number of alkyl carbamates (subject to hydrolysis) is 1. The molecular formula is C34H33NO6S. The molecule has 0 aliphatic carbocycles. The van der Waals surface area contributed by atoms with Gasteiger partial charge in [0.1, 0.15) is 35.2 Å². The average molecular weight is 584 g/mol. The molecule has 0 aliphatic rings. The quantitative estimate of drug-likeness (QED) is 0.172. The molecule has 1 amide bonds. The predicted molar refractivity (Wildman–Crippen MR) is 167 cm³/mol. The number of ether oxygens (including phenoxy) is 2. The molecule has 1 heterocycles. The molecule has 1 unspecified atom stereocenters. The molecule has 5 aromatic rings. The van der Waals surface area contributed by atoms with Crippen LogP contribution in [0.5, 0.6) is 5.75 Å². The second-order valence-corrected chi connectivity index (χ2v) is 12.0. The molecule has 0 saturated heterocycles. The fourth-order valence-electron chi connectivity index (χ4n) is 4.52. The maximum Gasteiger partial charge on any atom is 0.408 e. The number of carbonyl (C=O) groups excluding carboxylic acids is 1. The van der Waals surface area contributed by atoms with Crippen molar-refractivity contribution in [3.05, 3.63) is 102 Å². The zero-order valence-electron chi connectivity index (χ0n) is 23.8. The van der Waals surface area contributed by atoms with Crippen molar-refractivity contribution >= 4 is 45.8 Å². The lowest BCUT2D eigenvalue weighted by Gasteiger charge is -2.21. The first kappa shape index (κ1) is 29.1. The Bertz CT molecular complexity index is 1690. The SMILES string of the molecule is CC(C)(C)OC(=O)NC(CSCc1ccc(OCc2ccc(-c3cccc4c3oc3ccccc34)cc2)cc1)C(=O)O. The minimum Gasteiger partial charge on any atom is -0.489 e. The van der Waals surface area contributed by atoms with E-state index in [-0.39, 0.29) is 5.75 Å². The second kappa shape index (κ2) is 12.6. The van der Waals surface area contributed by atoms with Crippen LogP contribution in [0.3, 0.4) is 0 Å². The van der Waals surface area contributed by atoms with Crippen LogP contribution in [0.1, 0.15) is 31.9 Å². The first-order valence-electron chi connectivity index (χ1n) is 13.7. The fraction of sp³-hybridized carbons (Fsp3) is 0.235. The number of nitrogens with one attached hydrogen (secondary N) is 1. The zero-order chi connectivity index (χ0) is 29.7. The van der Waals surface area contributed by atoms with Gasteiger partial charge in [-0.3, -0.25) is 0 Å². The normalized spacial score (nSPS) is 12.3. The summed E-state index contributed by atoms with van der Waals surface area (Å²) in [7, 11) is 0. The molecule has 8 heteroatoms. The minimum absolute atomic E-state index is 0.216. The molecule has 2 N–H and O–H groups in total. The predicted octanol–water partition coefficient (Wildman–Crippen LogP) is 8.04. The number of fused-ring (bicyclic) bond motifs is 3. The Balaban J connectivity index is 1.13. The van der Waals surface area contributed by atoms with Gasteiger partial charge in [0.05, 0.1) is 0 Å². The van der Waals surface area contributed by atoms with Crippen LogP contribution >= 0.6 is 11.8 Å². The molecule has 1 atom stereocenters. The highest BCUT2D eigenvalue weighted by Crippen LogP contribution is 2.35. The molecule has 0 saturated carbocycles. The molecular weight excluding hydrogens is 550 g/mol. The summed E-state index contributed by atoms with van der Waals surface area (Å²) >= 11 is 1.42. The number of thioether (sulfide) groups is 1. The van der Waals surface area contributed by atoms with Gasteiger partial charge < -0.3 is 24.3 Å². The fourth-order valence-corrected chi connectivity index (χ4v) is 5.53. The lowest BCUT2D eigenvalue weighted by Crippen LogP contribution is -2.44. The van der Waals surface area contributed by atoms with E-state index in [1.165, 1.54) is 11.8 Å². The summed E-state index contributed by atoms with van der Waals surface area (Å²) in [5.41, 5.74) is 5.29. The van der Waals surface area contributed by atoms with Crippen molar-refractivity contribution in [2.75, 3.05) is 5.75 Å². The lowest BCUT2D eigenvalue weighted by molar-refractivity contribution is -0.138. The van der Waals surface area contributed by atoms with Crippen molar-refractivity contribution in [1.82, 2.24) is 5.32 Å². The van der Waals surface area contributed by atoms with E-state index in [0.29, 0.717) is 12.4 Å². The summed E-state index contributed by atoms with van der Waals surface area (Å²) < 4.78 is 17.3. The Hall–Kier alpha value is -4.43. The van der Waals surface area contributed by atoms with Crippen molar-refractivity contribution in [3.8, 4) is 16.9 Å². The van der Waals surface area contributed by atoms with Crippen LogP contribution in [0.25, 0.3) is 33.1 Å². The Morgan fingerprint density at radius 2 is 1.57 bits per heavy atom. The van der Waals surface area contributed by atoms with Crippen molar-refractivity contribution in [2.24, 2.45) is 0 Å². The van der Waals surface area contributed by atoms with Gasteiger partial charge in [0.2, 0.25) is 0 Å². The van der Waals surface area contributed by atoms with Crippen molar-refractivity contribution in [1.29, 1.82) is 0 Å². The maximum absolute atomic E-state index is 11.9. The number of carboxylic acids is 1. The monoisotopic (exact) mass is 583 g/mol. The van der Waals surface area contributed by atoms with Crippen LogP contribution < -0.4 is 10.1 Å². The van der Waals surface area contributed by atoms with Crippen molar-refractivity contribution in [2.45, 2.75) is 44.8 Å². The number of rotatable bonds is 10. The Labute approximate surface area is 248 Å². The summed E-state index contributed by atoms with van der Waals surface area (Å²) in [5.74, 6) is 0.458. The van der Waals surface area contributed by atoms with Gasteiger partial charge in [0.25, 0.3) is 0 Å². The molecule has 0 radical (unpaired) electrons. The third kappa shape index (κ3) is 7.25. The van der Waals surface area contributed by atoms with Crippen LogP contribution in [-0.4, -0.2) is 34.6 Å². The number of hydrogen-bond acceptors (Lipinski definition) is 6. The van der Waals surface area contributed by atoms with E-state index < -0.39 is 23.7 Å². The van der Waals surface area contributed by atoms with Gasteiger partial charge in [0.15, 0.2) is 0 Å². The van der Waals surface area contributed by atoms with Crippen molar-refractivity contribution < 1.29 is 28.6 Å². The molecule has 5 rings (SSSR count). The summed E-state index contributed by atoms with van der Waals surface area (Å²) in [5, 5.41) is 14.1. The molecule has 216 valence electrons. The number of furan rings is 1. The molecule has 0 fully saturated rings. The van der Waals surface area contributed by atoms with E-state index in [4.69, 9.17) is 13.9 Å². The largest absolute Gasteiger partial charge is 0.489 e. The third-order valence-corrected chi connectivity index (χ3v) is 7.65. The lowest BCUT2D eigenvalue weighted by atomic mass is 10.0. The number of aliphatic carboxylic acids is 1.